The highest BCUT2D eigenvalue weighted by Gasteiger charge is 2.33. The quantitative estimate of drug-likeness (QED) is 0.447. The second-order valence-electron chi connectivity index (χ2n) is 10.9. The molecule has 6 rings (SSSR count). The van der Waals surface area contributed by atoms with E-state index >= 15 is 0 Å². The van der Waals surface area contributed by atoms with Crippen LogP contribution < -0.4 is 0 Å². The maximum atomic E-state index is 12.8. The van der Waals surface area contributed by atoms with Crippen LogP contribution in [0.25, 0.3) is 22.3 Å². The largest absolute Gasteiger partial charge is 0.339 e. The summed E-state index contributed by atoms with van der Waals surface area (Å²) >= 11 is 0. The van der Waals surface area contributed by atoms with Crippen LogP contribution in [0.1, 0.15) is 73.3 Å². The van der Waals surface area contributed by atoms with Crippen molar-refractivity contribution in [3.8, 4) is 11.3 Å². The number of hydrogen-bond donors (Lipinski definition) is 1. The first kappa shape index (κ1) is 22.0. The lowest BCUT2D eigenvalue weighted by Crippen LogP contribution is -2.35. The highest BCUT2D eigenvalue weighted by molar-refractivity contribution is 5.94. The molecule has 1 aromatic carbocycles. The average Bonchev–Trinajstić information content (AvgIpc) is 3.54. The SMILES string of the molecule is CC(c1ccc(C(=O)N2CCCCC2)cc1)n1cc2cc(-c3n[nH]c4c3CC(C)(C)C4)cnc2n1. The van der Waals surface area contributed by atoms with Gasteiger partial charge in [-0.1, -0.05) is 26.0 Å². The van der Waals surface area contributed by atoms with Crippen LogP contribution in [0.5, 0.6) is 0 Å². The standard InChI is InChI=1S/C28H32N6O/c1-18(19-7-9-20(10-8-19)27(35)33-11-5-4-6-12-33)34-17-22-13-21(16-29-26(22)32-34)25-23-14-28(2,3)15-24(23)30-31-25/h7-10,13,16-18H,4-6,11-12,14-15H2,1-3H3,(H,30,31). The van der Waals surface area contributed by atoms with Crippen LogP contribution in [0, 0.1) is 5.41 Å². The molecule has 1 N–H and O–H groups in total. The molecule has 1 aliphatic carbocycles. The lowest BCUT2D eigenvalue weighted by molar-refractivity contribution is 0.0724. The third kappa shape index (κ3) is 4.03. The summed E-state index contributed by atoms with van der Waals surface area (Å²) in [5.41, 5.74) is 7.47. The van der Waals surface area contributed by atoms with Crippen molar-refractivity contribution in [2.75, 3.05) is 13.1 Å². The Hall–Kier alpha value is -3.48. The minimum Gasteiger partial charge on any atom is -0.339 e. The van der Waals surface area contributed by atoms with Crippen molar-refractivity contribution in [3.05, 3.63) is 65.1 Å². The average molecular weight is 469 g/mol. The molecule has 4 aromatic rings. The second kappa shape index (κ2) is 8.33. The zero-order chi connectivity index (χ0) is 24.2. The normalized spacial score (nSPS) is 18.1. The van der Waals surface area contributed by atoms with Gasteiger partial charge < -0.3 is 4.90 Å². The summed E-state index contributed by atoms with van der Waals surface area (Å²) in [4.78, 5) is 19.4. The maximum absolute atomic E-state index is 12.8. The number of likely N-dealkylation sites (tertiary alicyclic amines) is 1. The highest BCUT2D eigenvalue weighted by Crippen LogP contribution is 2.40. The number of hydrogen-bond acceptors (Lipinski definition) is 4. The van der Waals surface area contributed by atoms with Crippen molar-refractivity contribution in [2.24, 2.45) is 5.41 Å². The lowest BCUT2D eigenvalue weighted by Gasteiger charge is -2.26. The first-order chi connectivity index (χ1) is 16.9. The van der Waals surface area contributed by atoms with Crippen molar-refractivity contribution in [3.63, 3.8) is 0 Å². The molecule has 1 unspecified atom stereocenters. The van der Waals surface area contributed by atoms with Crippen LogP contribution in [-0.4, -0.2) is 48.9 Å². The van der Waals surface area contributed by atoms with Crippen LogP contribution in [-0.2, 0) is 12.8 Å². The van der Waals surface area contributed by atoms with Gasteiger partial charge in [-0.25, -0.2) is 4.98 Å². The molecular weight excluding hydrogens is 436 g/mol. The summed E-state index contributed by atoms with van der Waals surface area (Å²) in [5.74, 6) is 0.138. The molecule has 0 bridgehead atoms. The Morgan fingerprint density at radius 2 is 1.86 bits per heavy atom. The number of fused-ring (bicyclic) bond motifs is 2. The molecule has 3 aromatic heterocycles. The van der Waals surface area contributed by atoms with Crippen LogP contribution in [0.3, 0.4) is 0 Å². The van der Waals surface area contributed by atoms with Gasteiger partial charge >= 0.3 is 0 Å². The Morgan fingerprint density at radius 3 is 2.63 bits per heavy atom. The van der Waals surface area contributed by atoms with E-state index in [1.54, 1.807) is 0 Å². The van der Waals surface area contributed by atoms with Crippen LogP contribution in [0.2, 0.25) is 0 Å². The predicted molar refractivity (Wildman–Crippen MR) is 136 cm³/mol. The van der Waals surface area contributed by atoms with E-state index in [4.69, 9.17) is 5.10 Å². The van der Waals surface area contributed by atoms with E-state index in [-0.39, 0.29) is 17.4 Å². The number of aromatic nitrogens is 5. The number of amides is 1. The van der Waals surface area contributed by atoms with E-state index in [1.165, 1.54) is 17.7 Å². The van der Waals surface area contributed by atoms with Gasteiger partial charge in [0.25, 0.3) is 5.91 Å². The molecule has 1 atom stereocenters. The molecule has 0 saturated carbocycles. The molecule has 0 spiro atoms. The molecule has 4 heterocycles. The van der Waals surface area contributed by atoms with Gasteiger partial charge in [-0.15, -0.1) is 0 Å². The number of H-pyrrole nitrogens is 1. The number of benzene rings is 1. The van der Waals surface area contributed by atoms with Crippen molar-refractivity contribution in [1.29, 1.82) is 0 Å². The zero-order valence-electron chi connectivity index (χ0n) is 20.7. The topological polar surface area (TPSA) is 79.7 Å². The molecule has 7 heteroatoms. The van der Waals surface area contributed by atoms with Gasteiger partial charge in [-0.3, -0.25) is 14.6 Å². The molecule has 35 heavy (non-hydrogen) atoms. The van der Waals surface area contributed by atoms with Gasteiger partial charge in [0.1, 0.15) is 0 Å². The third-order valence-corrected chi connectivity index (χ3v) is 7.59. The van der Waals surface area contributed by atoms with Gasteiger partial charge in [0.2, 0.25) is 0 Å². The number of nitrogens with one attached hydrogen (secondary N) is 1. The number of nitrogens with zero attached hydrogens (tertiary/aromatic N) is 5. The minimum absolute atomic E-state index is 0.0298. The monoisotopic (exact) mass is 468 g/mol. The molecule has 2 aliphatic rings. The Labute approximate surface area is 205 Å². The van der Waals surface area contributed by atoms with E-state index in [9.17, 15) is 4.79 Å². The molecule has 180 valence electrons. The van der Waals surface area contributed by atoms with E-state index < -0.39 is 0 Å². The van der Waals surface area contributed by atoms with Crippen LogP contribution >= 0.6 is 0 Å². The van der Waals surface area contributed by atoms with E-state index in [0.29, 0.717) is 0 Å². The summed E-state index contributed by atoms with van der Waals surface area (Å²) in [7, 11) is 0. The Balaban J connectivity index is 1.23. The number of piperidine rings is 1. The van der Waals surface area contributed by atoms with Crippen molar-refractivity contribution < 1.29 is 4.79 Å². The molecule has 0 radical (unpaired) electrons. The van der Waals surface area contributed by atoms with E-state index in [2.05, 4.69) is 48.2 Å². The van der Waals surface area contributed by atoms with E-state index in [0.717, 1.165) is 72.2 Å². The summed E-state index contributed by atoms with van der Waals surface area (Å²) in [6, 6.07) is 10.1. The smallest absolute Gasteiger partial charge is 0.253 e. The molecule has 7 nitrogen and oxygen atoms in total. The zero-order valence-corrected chi connectivity index (χ0v) is 20.7. The molecular formula is C28H32N6O. The fraction of sp³-hybridized carbons (Fsp3) is 0.429. The number of aromatic amines is 1. The van der Waals surface area contributed by atoms with Gasteiger partial charge in [0.05, 0.1) is 11.7 Å². The Kier molecular flexibility index (Phi) is 5.24. The first-order valence-electron chi connectivity index (χ1n) is 12.7. The van der Waals surface area contributed by atoms with Gasteiger partial charge in [-0.2, -0.15) is 10.2 Å². The number of rotatable bonds is 4. The number of carbonyl (C=O) groups is 1. The summed E-state index contributed by atoms with van der Waals surface area (Å²) in [5, 5.41) is 13.6. The van der Waals surface area contributed by atoms with Gasteiger partial charge in [0.15, 0.2) is 5.65 Å². The van der Waals surface area contributed by atoms with Gasteiger partial charge in [-0.05, 0) is 68.2 Å². The van der Waals surface area contributed by atoms with Crippen molar-refractivity contribution >= 4 is 16.9 Å². The Morgan fingerprint density at radius 1 is 1.09 bits per heavy atom. The van der Waals surface area contributed by atoms with E-state index in [1.807, 2.05) is 40.0 Å². The van der Waals surface area contributed by atoms with Crippen LogP contribution in [0.15, 0.2) is 42.7 Å². The summed E-state index contributed by atoms with van der Waals surface area (Å²) in [6.45, 7) is 8.45. The first-order valence-corrected chi connectivity index (χ1v) is 12.7. The highest BCUT2D eigenvalue weighted by atomic mass is 16.2. The fourth-order valence-electron chi connectivity index (χ4n) is 5.59. The molecule has 1 amide bonds. The predicted octanol–water partition coefficient (Wildman–Crippen LogP) is 5.18. The Bertz CT molecular complexity index is 1390. The van der Waals surface area contributed by atoms with Crippen LogP contribution in [0.4, 0.5) is 0 Å². The molecule has 1 saturated heterocycles. The number of carbonyl (C=O) groups excluding carboxylic acids is 1. The minimum atomic E-state index is 0.0298. The summed E-state index contributed by atoms with van der Waals surface area (Å²) < 4.78 is 1.96. The van der Waals surface area contributed by atoms with Crippen molar-refractivity contribution in [2.45, 2.75) is 58.9 Å². The lowest BCUT2D eigenvalue weighted by atomic mass is 9.90. The maximum Gasteiger partial charge on any atom is 0.253 e. The molecule has 1 fully saturated rings. The fourth-order valence-corrected chi connectivity index (χ4v) is 5.59. The summed E-state index contributed by atoms with van der Waals surface area (Å²) in [6.07, 6.45) is 9.42. The van der Waals surface area contributed by atoms with Gasteiger partial charge in [0, 0.05) is 53.3 Å². The third-order valence-electron chi connectivity index (χ3n) is 7.59. The second-order valence-corrected chi connectivity index (χ2v) is 10.9. The molecule has 1 aliphatic heterocycles. The number of pyridine rings is 1. The van der Waals surface area contributed by atoms with Crippen molar-refractivity contribution in [1.82, 2.24) is 29.9 Å².